The van der Waals surface area contributed by atoms with Gasteiger partial charge < -0.3 is 9.40 Å². The van der Waals surface area contributed by atoms with Gasteiger partial charge in [0, 0.05) is 16.5 Å². The topological polar surface area (TPSA) is 41.8 Å². The highest BCUT2D eigenvalue weighted by molar-refractivity contribution is 5.90. The molecule has 3 nitrogen and oxygen atoms in total. The van der Waals surface area contributed by atoms with Crippen molar-refractivity contribution in [2.45, 2.75) is 0 Å². The molecule has 136 valence electrons. The van der Waals surface area contributed by atoms with Crippen molar-refractivity contribution in [3.8, 4) is 33.8 Å². The molecule has 0 unspecified atom stereocenters. The van der Waals surface area contributed by atoms with Crippen LogP contribution in [0.2, 0.25) is 0 Å². The zero-order chi connectivity index (χ0) is 19.1. The third-order valence-corrected chi connectivity index (χ3v) is 4.73. The number of halogens is 2. The molecule has 28 heavy (non-hydrogen) atoms. The van der Waals surface area contributed by atoms with Crippen LogP contribution in [-0.4, -0.2) is 9.97 Å². The summed E-state index contributed by atoms with van der Waals surface area (Å²) >= 11 is 0. The summed E-state index contributed by atoms with van der Waals surface area (Å²) in [6.07, 6.45) is 3.15. The molecule has 0 atom stereocenters. The number of aromatic amines is 1. The van der Waals surface area contributed by atoms with Crippen LogP contribution in [0, 0.1) is 11.6 Å². The van der Waals surface area contributed by atoms with E-state index in [4.69, 9.17) is 4.42 Å². The van der Waals surface area contributed by atoms with E-state index in [0.717, 1.165) is 27.6 Å². The van der Waals surface area contributed by atoms with E-state index in [-0.39, 0.29) is 5.56 Å². The Morgan fingerprint density at radius 3 is 2.32 bits per heavy atom. The van der Waals surface area contributed by atoms with Crippen LogP contribution in [0.3, 0.4) is 0 Å². The number of rotatable bonds is 3. The lowest BCUT2D eigenvalue weighted by Gasteiger charge is -2.04. The third kappa shape index (κ3) is 2.77. The lowest BCUT2D eigenvalue weighted by molar-refractivity contribution is 0.574. The lowest BCUT2D eigenvalue weighted by atomic mass is 10.0. The van der Waals surface area contributed by atoms with Crippen molar-refractivity contribution in [1.29, 1.82) is 0 Å². The molecule has 5 rings (SSSR count). The minimum absolute atomic E-state index is 0.0499. The molecule has 0 spiro atoms. The van der Waals surface area contributed by atoms with Crippen molar-refractivity contribution < 1.29 is 13.2 Å². The summed E-state index contributed by atoms with van der Waals surface area (Å²) in [5.74, 6) is -0.627. The van der Waals surface area contributed by atoms with Crippen molar-refractivity contribution in [2.75, 3.05) is 0 Å². The maximum absolute atomic E-state index is 14.1. The van der Waals surface area contributed by atoms with Crippen LogP contribution in [0.5, 0.6) is 0 Å². The first-order chi connectivity index (χ1) is 13.7. The molecule has 0 aliphatic carbocycles. The number of hydrogen-bond donors (Lipinski definition) is 1. The van der Waals surface area contributed by atoms with E-state index in [2.05, 4.69) is 9.97 Å². The Morgan fingerprint density at radius 1 is 0.786 bits per heavy atom. The molecule has 0 amide bonds. The molecule has 3 aromatic carbocycles. The van der Waals surface area contributed by atoms with Gasteiger partial charge in [-0.3, -0.25) is 0 Å². The number of oxazole rings is 1. The van der Waals surface area contributed by atoms with Gasteiger partial charge in [0.2, 0.25) is 5.89 Å². The molecule has 0 bridgehead atoms. The van der Waals surface area contributed by atoms with E-state index >= 15 is 0 Å². The van der Waals surface area contributed by atoms with Gasteiger partial charge in [0.15, 0.2) is 0 Å². The van der Waals surface area contributed by atoms with E-state index in [1.807, 2.05) is 42.5 Å². The summed E-state index contributed by atoms with van der Waals surface area (Å²) in [6, 6.07) is 19.4. The van der Waals surface area contributed by atoms with Crippen LogP contribution in [0.4, 0.5) is 8.78 Å². The van der Waals surface area contributed by atoms with Crippen molar-refractivity contribution in [3.63, 3.8) is 0 Å². The summed E-state index contributed by atoms with van der Waals surface area (Å²) in [7, 11) is 0. The first kappa shape index (κ1) is 16.4. The van der Waals surface area contributed by atoms with Crippen LogP contribution in [0.1, 0.15) is 0 Å². The monoisotopic (exact) mass is 372 g/mol. The maximum atomic E-state index is 14.1. The molecule has 2 aromatic heterocycles. The summed E-state index contributed by atoms with van der Waals surface area (Å²) in [6.45, 7) is 0. The molecular weight excluding hydrogens is 358 g/mol. The highest BCUT2D eigenvalue weighted by atomic mass is 19.1. The van der Waals surface area contributed by atoms with Crippen molar-refractivity contribution in [1.82, 2.24) is 9.97 Å². The quantitative estimate of drug-likeness (QED) is 0.396. The smallest absolute Gasteiger partial charge is 0.225 e. The lowest BCUT2D eigenvalue weighted by Crippen LogP contribution is -1.89. The van der Waals surface area contributed by atoms with Gasteiger partial charge >= 0.3 is 0 Å². The Bertz CT molecular complexity index is 1270. The molecule has 2 heterocycles. The molecule has 0 aliphatic heterocycles. The van der Waals surface area contributed by atoms with Crippen LogP contribution in [0.25, 0.3) is 44.7 Å². The maximum Gasteiger partial charge on any atom is 0.225 e. The summed E-state index contributed by atoms with van der Waals surface area (Å²) in [4.78, 5) is 7.28. The second-order valence-electron chi connectivity index (χ2n) is 6.50. The summed E-state index contributed by atoms with van der Waals surface area (Å²) in [5.41, 5.74) is 4.04. The average molecular weight is 372 g/mol. The SMILES string of the molecule is Fc1cccc(F)c1-c1cc2cc(-c3cccc(-c4ncco4)c3)ccc2[nH]1. The van der Waals surface area contributed by atoms with E-state index in [0.29, 0.717) is 11.6 Å². The molecule has 0 radical (unpaired) electrons. The molecule has 0 saturated heterocycles. The average Bonchev–Trinajstić information content (AvgIpc) is 3.37. The Hall–Kier alpha value is -3.73. The number of hydrogen-bond acceptors (Lipinski definition) is 2. The fraction of sp³-hybridized carbons (Fsp3) is 0. The Morgan fingerprint density at radius 2 is 1.54 bits per heavy atom. The largest absolute Gasteiger partial charge is 0.445 e. The van der Waals surface area contributed by atoms with Gasteiger partial charge in [-0.1, -0.05) is 24.3 Å². The summed E-state index contributed by atoms with van der Waals surface area (Å²) in [5, 5.41) is 0.872. The van der Waals surface area contributed by atoms with Crippen LogP contribution in [-0.2, 0) is 0 Å². The third-order valence-electron chi connectivity index (χ3n) is 4.73. The van der Waals surface area contributed by atoms with E-state index in [1.165, 1.54) is 24.5 Å². The van der Waals surface area contributed by atoms with E-state index in [9.17, 15) is 8.78 Å². The molecule has 1 N–H and O–H groups in total. The van der Waals surface area contributed by atoms with E-state index in [1.54, 1.807) is 12.3 Å². The van der Waals surface area contributed by atoms with Crippen LogP contribution >= 0.6 is 0 Å². The normalized spacial score (nSPS) is 11.2. The van der Waals surface area contributed by atoms with Crippen LogP contribution in [0.15, 0.2) is 83.6 Å². The Balaban J connectivity index is 1.59. The number of benzene rings is 3. The fourth-order valence-electron chi connectivity index (χ4n) is 3.40. The molecule has 0 fully saturated rings. The number of H-pyrrole nitrogens is 1. The highest BCUT2D eigenvalue weighted by Gasteiger charge is 2.14. The van der Waals surface area contributed by atoms with Gasteiger partial charge in [-0.25, -0.2) is 13.8 Å². The van der Waals surface area contributed by atoms with Gasteiger partial charge in [0.25, 0.3) is 0 Å². The number of aromatic nitrogens is 2. The molecule has 0 saturated carbocycles. The highest BCUT2D eigenvalue weighted by Crippen LogP contribution is 2.32. The van der Waals surface area contributed by atoms with Crippen molar-refractivity contribution >= 4 is 10.9 Å². The minimum Gasteiger partial charge on any atom is -0.445 e. The van der Waals surface area contributed by atoms with Crippen molar-refractivity contribution in [2.24, 2.45) is 0 Å². The minimum atomic E-state index is -0.592. The zero-order valence-electron chi connectivity index (χ0n) is 14.6. The Kier molecular flexibility index (Phi) is 3.79. The van der Waals surface area contributed by atoms with Crippen LogP contribution < -0.4 is 0 Å². The predicted molar refractivity (Wildman–Crippen MR) is 105 cm³/mol. The number of fused-ring (bicyclic) bond motifs is 1. The van der Waals surface area contributed by atoms with Gasteiger partial charge in [-0.2, -0.15) is 0 Å². The predicted octanol–water partition coefficient (Wildman–Crippen LogP) is 6.44. The molecular formula is C23H14F2N2O. The summed E-state index contributed by atoms with van der Waals surface area (Å²) < 4.78 is 33.6. The second kappa shape index (κ2) is 6.46. The first-order valence-electron chi connectivity index (χ1n) is 8.76. The number of nitrogens with one attached hydrogen (secondary N) is 1. The molecule has 0 aliphatic rings. The van der Waals surface area contributed by atoms with Gasteiger partial charge in [0.05, 0.1) is 17.5 Å². The number of nitrogens with zero attached hydrogens (tertiary/aromatic N) is 1. The molecule has 5 heteroatoms. The van der Waals surface area contributed by atoms with E-state index < -0.39 is 11.6 Å². The fourth-order valence-corrected chi connectivity index (χ4v) is 3.40. The zero-order valence-corrected chi connectivity index (χ0v) is 14.6. The Labute approximate surface area is 159 Å². The first-order valence-corrected chi connectivity index (χ1v) is 8.76. The van der Waals surface area contributed by atoms with Gasteiger partial charge in [-0.05, 0) is 53.6 Å². The second-order valence-corrected chi connectivity index (χ2v) is 6.50. The molecule has 5 aromatic rings. The van der Waals surface area contributed by atoms with Gasteiger partial charge in [0.1, 0.15) is 17.9 Å². The van der Waals surface area contributed by atoms with Gasteiger partial charge in [-0.15, -0.1) is 0 Å². The van der Waals surface area contributed by atoms with Crippen molar-refractivity contribution in [3.05, 3.63) is 90.8 Å². The standard InChI is InChI=1S/C23H14F2N2O/c24-18-5-2-6-19(25)22(18)21-13-17-12-15(7-8-20(17)27-21)14-3-1-4-16(11-14)23-26-9-10-28-23/h1-13,27H.